The average Bonchev–Trinajstić information content (AvgIpc) is 2.53. The highest BCUT2D eigenvalue weighted by atomic mass is 16.5. The molecule has 0 bridgehead atoms. The second-order valence-corrected chi connectivity index (χ2v) is 3.26. The van der Waals surface area contributed by atoms with Crippen LogP contribution in [0.5, 0.6) is 0 Å². The molecular formula is C10H16O3. The van der Waals surface area contributed by atoms with Gasteiger partial charge in [-0.1, -0.05) is 6.08 Å². The van der Waals surface area contributed by atoms with Crippen LogP contribution in [0, 0.1) is 0 Å². The molecule has 0 spiro atoms. The molecule has 1 aliphatic rings. The summed E-state index contributed by atoms with van der Waals surface area (Å²) in [7, 11) is 1.40. The van der Waals surface area contributed by atoms with Gasteiger partial charge in [0, 0.05) is 0 Å². The van der Waals surface area contributed by atoms with Crippen LogP contribution in [0.2, 0.25) is 0 Å². The minimum atomic E-state index is -0.191. The summed E-state index contributed by atoms with van der Waals surface area (Å²) in [6.07, 6.45) is 5.39. The Balaban J connectivity index is 2.24. The molecule has 3 heteroatoms. The molecule has 0 N–H and O–H groups in total. The van der Waals surface area contributed by atoms with Crippen LogP contribution in [0.15, 0.2) is 12.7 Å². The standard InChI is InChI=1S/C10H16O3/c1-3-4-8-5-6-9(13-8)7-10(11)12-2/h3,8-9H,1,4-7H2,2H3/t8-,9-/m1/s1. The lowest BCUT2D eigenvalue weighted by molar-refractivity contribution is -0.143. The average molecular weight is 184 g/mol. The fourth-order valence-electron chi connectivity index (χ4n) is 1.56. The molecular weight excluding hydrogens is 168 g/mol. The van der Waals surface area contributed by atoms with Gasteiger partial charge in [0.05, 0.1) is 25.7 Å². The molecule has 0 saturated carbocycles. The lowest BCUT2D eigenvalue weighted by Crippen LogP contribution is -2.15. The number of carbonyl (C=O) groups is 1. The van der Waals surface area contributed by atoms with Crippen molar-refractivity contribution < 1.29 is 14.3 Å². The zero-order valence-electron chi connectivity index (χ0n) is 7.99. The number of hydrogen-bond donors (Lipinski definition) is 0. The van der Waals surface area contributed by atoms with Crippen LogP contribution in [-0.2, 0) is 14.3 Å². The van der Waals surface area contributed by atoms with Crippen LogP contribution < -0.4 is 0 Å². The predicted octanol–water partition coefficient (Wildman–Crippen LogP) is 1.67. The molecule has 0 aromatic rings. The van der Waals surface area contributed by atoms with E-state index in [1.807, 2.05) is 6.08 Å². The molecule has 0 amide bonds. The summed E-state index contributed by atoms with van der Waals surface area (Å²) in [5.74, 6) is -0.191. The summed E-state index contributed by atoms with van der Waals surface area (Å²) >= 11 is 0. The smallest absolute Gasteiger partial charge is 0.308 e. The van der Waals surface area contributed by atoms with E-state index in [-0.39, 0.29) is 18.2 Å². The maximum absolute atomic E-state index is 10.9. The minimum Gasteiger partial charge on any atom is -0.469 e. The van der Waals surface area contributed by atoms with E-state index in [1.165, 1.54) is 7.11 Å². The fourth-order valence-corrected chi connectivity index (χ4v) is 1.56. The van der Waals surface area contributed by atoms with Crippen LogP contribution >= 0.6 is 0 Å². The summed E-state index contributed by atoms with van der Waals surface area (Å²) in [4.78, 5) is 10.9. The first kappa shape index (κ1) is 10.3. The fraction of sp³-hybridized carbons (Fsp3) is 0.700. The first-order valence-electron chi connectivity index (χ1n) is 4.59. The normalized spacial score (nSPS) is 27.2. The summed E-state index contributed by atoms with van der Waals surface area (Å²) in [6.45, 7) is 3.65. The Kier molecular flexibility index (Phi) is 3.96. The number of carbonyl (C=O) groups excluding carboxylic acids is 1. The van der Waals surface area contributed by atoms with E-state index < -0.39 is 0 Å². The third kappa shape index (κ3) is 3.19. The van der Waals surface area contributed by atoms with Gasteiger partial charge in [-0.15, -0.1) is 6.58 Å². The maximum atomic E-state index is 10.9. The number of hydrogen-bond acceptors (Lipinski definition) is 3. The molecule has 0 aliphatic carbocycles. The predicted molar refractivity (Wildman–Crippen MR) is 49.3 cm³/mol. The van der Waals surface area contributed by atoms with E-state index in [4.69, 9.17) is 4.74 Å². The lowest BCUT2D eigenvalue weighted by Gasteiger charge is -2.10. The molecule has 74 valence electrons. The Bertz CT molecular complexity index is 189. The molecule has 13 heavy (non-hydrogen) atoms. The number of esters is 1. The van der Waals surface area contributed by atoms with Gasteiger partial charge >= 0.3 is 5.97 Å². The Hall–Kier alpha value is -0.830. The van der Waals surface area contributed by atoms with Gasteiger partial charge in [0.25, 0.3) is 0 Å². The molecule has 1 heterocycles. The third-order valence-electron chi connectivity index (χ3n) is 2.25. The third-order valence-corrected chi connectivity index (χ3v) is 2.25. The Morgan fingerprint density at radius 2 is 2.31 bits per heavy atom. The molecule has 0 radical (unpaired) electrons. The van der Waals surface area contributed by atoms with Crippen LogP contribution in [0.1, 0.15) is 25.7 Å². The molecule has 3 nitrogen and oxygen atoms in total. The molecule has 0 unspecified atom stereocenters. The monoisotopic (exact) mass is 184 g/mol. The topological polar surface area (TPSA) is 35.5 Å². The van der Waals surface area contributed by atoms with E-state index in [1.54, 1.807) is 0 Å². The van der Waals surface area contributed by atoms with Crippen molar-refractivity contribution >= 4 is 5.97 Å². The Morgan fingerprint density at radius 3 is 2.92 bits per heavy atom. The summed E-state index contributed by atoms with van der Waals surface area (Å²) < 4.78 is 10.2. The molecule has 2 atom stereocenters. The zero-order valence-corrected chi connectivity index (χ0v) is 7.99. The number of methoxy groups -OCH3 is 1. The van der Waals surface area contributed by atoms with Crippen molar-refractivity contribution in [1.29, 1.82) is 0 Å². The highest BCUT2D eigenvalue weighted by Crippen LogP contribution is 2.24. The van der Waals surface area contributed by atoms with Gasteiger partial charge in [0.2, 0.25) is 0 Å². The van der Waals surface area contributed by atoms with Crippen molar-refractivity contribution in [3.63, 3.8) is 0 Å². The molecule has 1 aliphatic heterocycles. The maximum Gasteiger partial charge on any atom is 0.308 e. The van der Waals surface area contributed by atoms with Crippen molar-refractivity contribution in [2.45, 2.75) is 37.9 Å². The highest BCUT2D eigenvalue weighted by molar-refractivity contribution is 5.69. The van der Waals surface area contributed by atoms with Crippen molar-refractivity contribution in [2.24, 2.45) is 0 Å². The second-order valence-electron chi connectivity index (χ2n) is 3.26. The highest BCUT2D eigenvalue weighted by Gasteiger charge is 2.26. The SMILES string of the molecule is C=CC[C@@H]1CC[C@H](CC(=O)OC)O1. The quantitative estimate of drug-likeness (QED) is 0.492. The van der Waals surface area contributed by atoms with E-state index in [0.29, 0.717) is 6.42 Å². The van der Waals surface area contributed by atoms with Crippen molar-refractivity contribution in [1.82, 2.24) is 0 Å². The van der Waals surface area contributed by atoms with E-state index in [9.17, 15) is 4.79 Å². The first-order valence-corrected chi connectivity index (χ1v) is 4.59. The number of ether oxygens (including phenoxy) is 2. The number of rotatable bonds is 4. The largest absolute Gasteiger partial charge is 0.469 e. The van der Waals surface area contributed by atoms with Gasteiger partial charge in [-0.25, -0.2) is 0 Å². The molecule has 1 fully saturated rings. The summed E-state index contributed by atoms with van der Waals surface area (Å²) in [5, 5.41) is 0. The van der Waals surface area contributed by atoms with Gasteiger partial charge in [0.1, 0.15) is 0 Å². The van der Waals surface area contributed by atoms with E-state index >= 15 is 0 Å². The molecule has 0 aromatic carbocycles. The minimum absolute atomic E-state index is 0.0531. The van der Waals surface area contributed by atoms with Crippen LogP contribution in [-0.4, -0.2) is 25.3 Å². The van der Waals surface area contributed by atoms with Gasteiger partial charge in [-0.3, -0.25) is 4.79 Å². The van der Waals surface area contributed by atoms with Gasteiger partial charge in [-0.05, 0) is 19.3 Å². The Morgan fingerprint density at radius 1 is 1.62 bits per heavy atom. The molecule has 0 aromatic heterocycles. The lowest BCUT2D eigenvalue weighted by atomic mass is 10.1. The van der Waals surface area contributed by atoms with Crippen molar-refractivity contribution in [3.8, 4) is 0 Å². The zero-order chi connectivity index (χ0) is 9.68. The second kappa shape index (κ2) is 5.02. The Labute approximate surface area is 78.7 Å². The summed E-state index contributed by atoms with van der Waals surface area (Å²) in [5.41, 5.74) is 0. The van der Waals surface area contributed by atoms with Crippen LogP contribution in [0.3, 0.4) is 0 Å². The van der Waals surface area contributed by atoms with E-state index in [2.05, 4.69) is 11.3 Å². The van der Waals surface area contributed by atoms with Crippen molar-refractivity contribution in [2.75, 3.05) is 7.11 Å². The first-order chi connectivity index (χ1) is 6.26. The molecule has 1 saturated heterocycles. The van der Waals surface area contributed by atoms with Gasteiger partial charge < -0.3 is 9.47 Å². The van der Waals surface area contributed by atoms with E-state index in [0.717, 1.165) is 19.3 Å². The van der Waals surface area contributed by atoms with Crippen LogP contribution in [0.4, 0.5) is 0 Å². The van der Waals surface area contributed by atoms with Crippen molar-refractivity contribution in [3.05, 3.63) is 12.7 Å². The van der Waals surface area contributed by atoms with Gasteiger partial charge in [0.15, 0.2) is 0 Å². The molecule has 1 rings (SSSR count). The van der Waals surface area contributed by atoms with Crippen LogP contribution in [0.25, 0.3) is 0 Å². The summed E-state index contributed by atoms with van der Waals surface area (Å²) in [6, 6.07) is 0. The van der Waals surface area contributed by atoms with Gasteiger partial charge in [-0.2, -0.15) is 0 Å².